The Bertz CT molecular complexity index is 344. The van der Waals surface area contributed by atoms with Gasteiger partial charge in [-0.05, 0) is 30.5 Å². The van der Waals surface area contributed by atoms with Gasteiger partial charge in [-0.25, -0.2) is 0 Å². The summed E-state index contributed by atoms with van der Waals surface area (Å²) in [6.45, 7) is 6.67. The molecule has 0 heterocycles. The van der Waals surface area contributed by atoms with Crippen molar-refractivity contribution in [3.63, 3.8) is 0 Å². The van der Waals surface area contributed by atoms with Gasteiger partial charge in [0.15, 0.2) is 11.5 Å². The third-order valence-corrected chi connectivity index (χ3v) is 2.93. The highest BCUT2D eigenvalue weighted by Gasteiger charge is 2.15. The van der Waals surface area contributed by atoms with E-state index in [-0.39, 0.29) is 24.2 Å². The lowest BCUT2D eigenvalue weighted by Gasteiger charge is -2.19. The fourth-order valence-corrected chi connectivity index (χ4v) is 1.59. The van der Waals surface area contributed by atoms with Crippen molar-refractivity contribution in [2.45, 2.75) is 33.2 Å². The zero-order valence-corrected chi connectivity index (χ0v) is 11.5. The van der Waals surface area contributed by atoms with Gasteiger partial charge in [-0.3, -0.25) is 0 Å². The smallest absolute Gasteiger partial charge is 0.161 e. The summed E-state index contributed by atoms with van der Waals surface area (Å²) in [5.41, 5.74) is 7.14. The summed E-state index contributed by atoms with van der Waals surface area (Å²) in [7, 11) is 0. The van der Waals surface area contributed by atoms with Crippen molar-refractivity contribution in [1.29, 1.82) is 0 Å². The number of rotatable bonds is 5. The van der Waals surface area contributed by atoms with Crippen molar-refractivity contribution in [3.05, 3.63) is 23.8 Å². The van der Waals surface area contributed by atoms with E-state index in [9.17, 15) is 5.11 Å². The summed E-state index contributed by atoms with van der Waals surface area (Å²) in [6.07, 6.45) is 1.03. The summed E-state index contributed by atoms with van der Waals surface area (Å²) in [6, 6.07) is 5.32. The minimum absolute atomic E-state index is 0. The van der Waals surface area contributed by atoms with E-state index in [0.717, 1.165) is 12.0 Å². The van der Waals surface area contributed by atoms with E-state index in [1.54, 1.807) is 6.07 Å². The molecule has 3 nitrogen and oxygen atoms in total. The maximum atomic E-state index is 9.58. The van der Waals surface area contributed by atoms with E-state index in [1.807, 2.05) is 19.1 Å². The van der Waals surface area contributed by atoms with Gasteiger partial charge in [0, 0.05) is 6.04 Å². The number of hydrogen-bond donors (Lipinski definition) is 2. The van der Waals surface area contributed by atoms with Gasteiger partial charge in [0.25, 0.3) is 0 Å². The molecule has 1 aromatic rings. The molecule has 0 aromatic heterocycles. The van der Waals surface area contributed by atoms with Crippen LogP contribution in [0.25, 0.3) is 0 Å². The Kier molecular flexibility index (Phi) is 7.00. The van der Waals surface area contributed by atoms with Gasteiger partial charge in [0.1, 0.15) is 0 Å². The van der Waals surface area contributed by atoms with Crippen molar-refractivity contribution in [2.24, 2.45) is 11.7 Å². The first-order chi connectivity index (χ1) is 7.60. The summed E-state index contributed by atoms with van der Waals surface area (Å²) in [5.74, 6) is 1.10. The van der Waals surface area contributed by atoms with Crippen LogP contribution in [0.4, 0.5) is 0 Å². The number of phenolic OH excluding ortho intramolecular Hbond substituents is 1. The van der Waals surface area contributed by atoms with Crippen LogP contribution >= 0.6 is 12.4 Å². The molecule has 17 heavy (non-hydrogen) atoms. The molecule has 0 fully saturated rings. The second-order valence-corrected chi connectivity index (χ2v) is 4.07. The predicted molar refractivity (Wildman–Crippen MR) is 72.9 cm³/mol. The maximum absolute atomic E-state index is 9.58. The number of aromatic hydroxyl groups is 1. The Labute approximate surface area is 109 Å². The van der Waals surface area contributed by atoms with Crippen molar-refractivity contribution in [3.8, 4) is 11.5 Å². The monoisotopic (exact) mass is 259 g/mol. The van der Waals surface area contributed by atoms with Gasteiger partial charge in [0.2, 0.25) is 0 Å². The minimum Gasteiger partial charge on any atom is -0.504 e. The Morgan fingerprint density at radius 2 is 2.00 bits per heavy atom. The van der Waals surface area contributed by atoms with Crippen LogP contribution in [-0.4, -0.2) is 11.7 Å². The van der Waals surface area contributed by atoms with Gasteiger partial charge in [0.05, 0.1) is 6.61 Å². The maximum Gasteiger partial charge on any atom is 0.161 e. The second-order valence-electron chi connectivity index (χ2n) is 4.07. The molecule has 0 saturated heterocycles. The van der Waals surface area contributed by atoms with Crippen LogP contribution in [0.1, 0.15) is 38.8 Å². The first kappa shape index (κ1) is 16.1. The molecule has 4 heteroatoms. The second kappa shape index (κ2) is 7.41. The Morgan fingerprint density at radius 1 is 1.35 bits per heavy atom. The molecule has 0 saturated carbocycles. The number of phenols is 1. The fourth-order valence-electron chi connectivity index (χ4n) is 1.59. The molecule has 2 atom stereocenters. The van der Waals surface area contributed by atoms with Gasteiger partial charge in [-0.15, -0.1) is 12.4 Å². The molecule has 1 rings (SSSR count). The molecule has 1 unspecified atom stereocenters. The highest BCUT2D eigenvalue weighted by molar-refractivity contribution is 5.85. The van der Waals surface area contributed by atoms with E-state index in [1.165, 1.54) is 0 Å². The van der Waals surface area contributed by atoms with Crippen molar-refractivity contribution >= 4 is 12.4 Å². The van der Waals surface area contributed by atoms with Crippen LogP contribution < -0.4 is 10.5 Å². The summed E-state index contributed by atoms with van der Waals surface area (Å²) in [4.78, 5) is 0. The van der Waals surface area contributed by atoms with E-state index in [2.05, 4.69) is 13.8 Å². The lowest BCUT2D eigenvalue weighted by molar-refractivity contribution is 0.317. The zero-order chi connectivity index (χ0) is 12.1. The van der Waals surface area contributed by atoms with Crippen LogP contribution in [0.2, 0.25) is 0 Å². The topological polar surface area (TPSA) is 55.5 Å². The molecule has 0 amide bonds. The number of nitrogens with two attached hydrogens (primary N) is 1. The number of benzene rings is 1. The summed E-state index contributed by atoms with van der Waals surface area (Å²) in [5, 5.41) is 9.58. The van der Waals surface area contributed by atoms with Crippen LogP contribution in [0.5, 0.6) is 11.5 Å². The third kappa shape index (κ3) is 4.10. The number of halogens is 1. The lowest BCUT2D eigenvalue weighted by atomic mass is 9.93. The summed E-state index contributed by atoms with van der Waals surface area (Å²) >= 11 is 0. The first-order valence-electron chi connectivity index (χ1n) is 5.81. The lowest BCUT2D eigenvalue weighted by Crippen LogP contribution is -2.18. The van der Waals surface area contributed by atoms with Gasteiger partial charge >= 0.3 is 0 Å². The molecular weight excluding hydrogens is 238 g/mol. The van der Waals surface area contributed by atoms with Gasteiger partial charge in [-0.2, -0.15) is 0 Å². The quantitative estimate of drug-likeness (QED) is 0.853. The minimum atomic E-state index is -0.00944. The van der Waals surface area contributed by atoms with E-state index in [0.29, 0.717) is 18.3 Å². The molecule has 0 radical (unpaired) electrons. The van der Waals surface area contributed by atoms with Crippen LogP contribution in [-0.2, 0) is 0 Å². The van der Waals surface area contributed by atoms with E-state index >= 15 is 0 Å². The Hall–Kier alpha value is -0.930. The van der Waals surface area contributed by atoms with Gasteiger partial charge in [-0.1, -0.05) is 26.3 Å². The molecule has 3 N–H and O–H groups in total. The van der Waals surface area contributed by atoms with Crippen molar-refractivity contribution in [2.75, 3.05) is 6.61 Å². The average Bonchev–Trinajstić information content (AvgIpc) is 2.30. The largest absolute Gasteiger partial charge is 0.504 e. The molecule has 0 aliphatic rings. The first-order valence-corrected chi connectivity index (χ1v) is 5.81. The SMILES string of the molecule is CCOc1cc([C@H](N)C(C)CC)ccc1O.Cl. The summed E-state index contributed by atoms with van der Waals surface area (Å²) < 4.78 is 5.34. The molecule has 0 aliphatic carbocycles. The Morgan fingerprint density at radius 3 is 2.53 bits per heavy atom. The van der Waals surface area contributed by atoms with E-state index < -0.39 is 0 Å². The van der Waals surface area contributed by atoms with Crippen molar-refractivity contribution < 1.29 is 9.84 Å². The molecule has 0 aliphatic heterocycles. The predicted octanol–water partition coefficient (Wildman–Crippen LogP) is 3.26. The standard InChI is InChI=1S/C13H21NO2.ClH/c1-4-9(3)13(14)10-6-7-11(15)12(8-10)16-5-2;/h6-9,13,15H,4-5,14H2,1-3H3;1H/t9?,13-;/m1./s1. The number of hydrogen-bond acceptors (Lipinski definition) is 3. The van der Waals surface area contributed by atoms with Crippen LogP contribution in [0.15, 0.2) is 18.2 Å². The zero-order valence-electron chi connectivity index (χ0n) is 10.6. The third-order valence-electron chi connectivity index (χ3n) is 2.93. The van der Waals surface area contributed by atoms with Crippen molar-refractivity contribution in [1.82, 2.24) is 0 Å². The highest BCUT2D eigenvalue weighted by Crippen LogP contribution is 2.31. The van der Waals surface area contributed by atoms with Crippen LogP contribution in [0, 0.1) is 5.92 Å². The van der Waals surface area contributed by atoms with Gasteiger partial charge < -0.3 is 15.6 Å². The fraction of sp³-hybridized carbons (Fsp3) is 0.538. The molecular formula is C13H22ClNO2. The van der Waals surface area contributed by atoms with Crippen LogP contribution in [0.3, 0.4) is 0 Å². The molecule has 0 spiro atoms. The normalized spacial score (nSPS) is 13.6. The Balaban J connectivity index is 0.00000256. The van der Waals surface area contributed by atoms with E-state index in [4.69, 9.17) is 10.5 Å². The molecule has 98 valence electrons. The average molecular weight is 260 g/mol. The highest BCUT2D eigenvalue weighted by atomic mass is 35.5. The molecule has 0 bridgehead atoms. The number of ether oxygens (including phenoxy) is 1. The molecule has 1 aromatic carbocycles.